The molecule has 2 aromatic carbocycles. The second-order valence-corrected chi connectivity index (χ2v) is 6.71. The summed E-state index contributed by atoms with van der Waals surface area (Å²) in [6, 6.07) is 18.2. The van der Waals surface area contributed by atoms with E-state index in [1.54, 1.807) is 11.3 Å². The van der Waals surface area contributed by atoms with E-state index >= 15 is 0 Å². The molecule has 0 aliphatic heterocycles. The lowest BCUT2D eigenvalue weighted by molar-refractivity contribution is 0.974. The van der Waals surface area contributed by atoms with E-state index in [-0.39, 0.29) is 17.0 Å². The Bertz CT molecular complexity index is 880. The zero-order valence-electron chi connectivity index (χ0n) is 13.3. The minimum atomic E-state index is 0. The summed E-state index contributed by atoms with van der Waals surface area (Å²) in [5.41, 5.74) is 3.39. The standard InChI is InChI=1S/C19H17ClN2S.BrH/c1-3-13-21-19-22(17-7-5-4-6-8-17)18(14(2)23-19)15-9-11-16(20)12-10-15;/h3-12H,1,13H2,2H3;1H. The normalized spacial score (nSPS) is 11.2. The van der Waals surface area contributed by atoms with Gasteiger partial charge in [0.15, 0.2) is 4.80 Å². The molecule has 0 spiro atoms. The fraction of sp³-hybridized carbons (Fsp3) is 0.105. The zero-order valence-corrected chi connectivity index (χ0v) is 16.6. The lowest BCUT2D eigenvalue weighted by Gasteiger charge is -2.10. The molecule has 0 saturated carbocycles. The van der Waals surface area contributed by atoms with E-state index in [0.717, 1.165) is 26.8 Å². The molecule has 1 heterocycles. The van der Waals surface area contributed by atoms with Crippen molar-refractivity contribution in [3.63, 3.8) is 0 Å². The van der Waals surface area contributed by atoms with Crippen molar-refractivity contribution in [1.29, 1.82) is 0 Å². The summed E-state index contributed by atoms with van der Waals surface area (Å²) in [5, 5.41) is 0.740. The van der Waals surface area contributed by atoms with Crippen LogP contribution in [-0.2, 0) is 0 Å². The second-order valence-electron chi connectivity index (χ2n) is 5.10. The Morgan fingerprint density at radius 2 is 1.79 bits per heavy atom. The summed E-state index contributed by atoms with van der Waals surface area (Å²) >= 11 is 7.73. The Kier molecular flexibility index (Phi) is 6.60. The minimum Gasteiger partial charge on any atom is -0.285 e. The predicted molar refractivity (Wildman–Crippen MR) is 110 cm³/mol. The van der Waals surface area contributed by atoms with Crippen molar-refractivity contribution in [2.24, 2.45) is 4.99 Å². The van der Waals surface area contributed by atoms with Crippen LogP contribution in [0.1, 0.15) is 4.88 Å². The Balaban J connectivity index is 0.00000208. The highest BCUT2D eigenvalue weighted by atomic mass is 79.9. The van der Waals surface area contributed by atoms with Crippen LogP contribution in [0.2, 0.25) is 5.02 Å². The minimum absolute atomic E-state index is 0. The SMILES string of the molecule is Br.C=CCN=c1sc(C)c(-c2ccc(Cl)cc2)n1-c1ccccc1. The largest absolute Gasteiger partial charge is 0.285 e. The topological polar surface area (TPSA) is 17.3 Å². The first-order chi connectivity index (χ1) is 11.2. The molecule has 3 aromatic rings. The van der Waals surface area contributed by atoms with Crippen LogP contribution in [0.5, 0.6) is 0 Å². The number of halogens is 2. The molecule has 2 nitrogen and oxygen atoms in total. The fourth-order valence-corrected chi connectivity index (χ4v) is 3.62. The van der Waals surface area contributed by atoms with Crippen molar-refractivity contribution in [3.05, 3.63) is 82.0 Å². The monoisotopic (exact) mass is 420 g/mol. The number of thiazole rings is 1. The molecular formula is C19H18BrClN2S. The highest BCUT2D eigenvalue weighted by molar-refractivity contribution is 8.93. The number of rotatable bonds is 4. The van der Waals surface area contributed by atoms with Gasteiger partial charge in [-0.3, -0.25) is 9.56 Å². The van der Waals surface area contributed by atoms with Gasteiger partial charge < -0.3 is 0 Å². The van der Waals surface area contributed by atoms with Crippen molar-refractivity contribution in [1.82, 2.24) is 4.57 Å². The van der Waals surface area contributed by atoms with E-state index in [1.165, 1.54) is 4.88 Å². The van der Waals surface area contributed by atoms with Crippen LogP contribution < -0.4 is 4.80 Å². The Morgan fingerprint density at radius 3 is 2.42 bits per heavy atom. The molecule has 0 fully saturated rings. The molecule has 3 rings (SSSR count). The van der Waals surface area contributed by atoms with Crippen molar-refractivity contribution in [2.75, 3.05) is 6.54 Å². The predicted octanol–water partition coefficient (Wildman–Crippen LogP) is 5.83. The van der Waals surface area contributed by atoms with E-state index < -0.39 is 0 Å². The number of aromatic nitrogens is 1. The van der Waals surface area contributed by atoms with Gasteiger partial charge in [0.1, 0.15) is 0 Å². The first-order valence-electron chi connectivity index (χ1n) is 7.36. The first-order valence-corrected chi connectivity index (χ1v) is 8.55. The lowest BCUT2D eigenvalue weighted by Crippen LogP contribution is -2.14. The molecule has 0 unspecified atom stereocenters. The fourth-order valence-electron chi connectivity index (χ4n) is 2.49. The third-order valence-corrected chi connectivity index (χ3v) is 4.73. The van der Waals surface area contributed by atoms with Crippen molar-refractivity contribution >= 4 is 39.9 Å². The quantitative estimate of drug-likeness (QED) is 0.471. The van der Waals surface area contributed by atoms with Crippen LogP contribution >= 0.6 is 39.9 Å². The van der Waals surface area contributed by atoms with E-state index in [9.17, 15) is 0 Å². The van der Waals surface area contributed by atoms with Gasteiger partial charge in [-0.2, -0.15) is 0 Å². The summed E-state index contributed by atoms with van der Waals surface area (Å²) in [5.74, 6) is 0. The summed E-state index contributed by atoms with van der Waals surface area (Å²) in [6.07, 6.45) is 1.81. The molecule has 0 aliphatic carbocycles. The summed E-state index contributed by atoms with van der Waals surface area (Å²) < 4.78 is 2.20. The molecule has 0 radical (unpaired) electrons. The third kappa shape index (κ3) is 3.89. The van der Waals surface area contributed by atoms with Gasteiger partial charge in [-0.1, -0.05) is 48.0 Å². The van der Waals surface area contributed by atoms with Gasteiger partial charge in [-0.05, 0) is 36.8 Å². The van der Waals surface area contributed by atoms with Gasteiger partial charge in [0.2, 0.25) is 0 Å². The Labute approximate surface area is 161 Å². The van der Waals surface area contributed by atoms with E-state index in [1.807, 2.05) is 48.5 Å². The van der Waals surface area contributed by atoms with Crippen LogP contribution in [0.3, 0.4) is 0 Å². The smallest absolute Gasteiger partial charge is 0.190 e. The summed E-state index contributed by atoms with van der Waals surface area (Å²) in [6.45, 7) is 6.49. The van der Waals surface area contributed by atoms with E-state index in [2.05, 4.69) is 35.2 Å². The molecular weight excluding hydrogens is 404 g/mol. The molecule has 0 atom stereocenters. The van der Waals surface area contributed by atoms with Crippen LogP contribution in [-0.4, -0.2) is 11.1 Å². The maximum Gasteiger partial charge on any atom is 0.190 e. The van der Waals surface area contributed by atoms with Crippen LogP contribution in [0.15, 0.2) is 72.2 Å². The van der Waals surface area contributed by atoms with Crippen LogP contribution in [0.4, 0.5) is 0 Å². The molecule has 0 aliphatic rings. The number of nitrogens with zero attached hydrogens (tertiary/aromatic N) is 2. The van der Waals surface area contributed by atoms with Gasteiger partial charge in [0.05, 0.1) is 12.2 Å². The number of para-hydroxylation sites is 1. The molecule has 0 saturated heterocycles. The molecule has 0 N–H and O–H groups in total. The molecule has 24 heavy (non-hydrogen) atoms. The number of hydrogen-bond acceptors (Lipinski definition) is 2. The highest BCUT2D eigenvalue weighted by Gasteiger charge is 2.14. The van der Waals surface area contributed by atoms with Crippen molar-refractivity contribution in [2.45, 2.75) is 6.92 Å². The first kappa shape index (κ1) is 18.7. The zero-order chi connectivity index (χ0) is 16.2. The summed E-state index contributed by atoms with van der Waals surface area (Å²) in [7, 11) is 0. The van der Waals surface area contributed by atoms with Crippen LogP contribution in [0.25, 0.3) is 16.9 Å². The molecule has 124 valence electrons. The molecule has 0 amide bonds. The average Bonchev–Trinajstić information content (AvgIpc) is 2.91. The molecule has 1 aromatic heterocycles. The number of hydrogen-bond donors (Lipinski definition) is 0. The van der Waals surface area contributed by atoms with E-state index in [0.29, 0.717) is 6.54 Å². The van der Waals surface area contributed by atoms with Gasteiger partial charge in [-0.25, -0.2) is 0 Å². The van der Waals surface area contributed by atoms with Crippen molar-refractivity contribution < 1.29 is 0 Å². The van der Waals surface area contributed by atoms with Crippen molar-refractivity contribution in [3.8, 4) is 16.9 Å². The molecule has 5 heteroatoms. The lowest BCUT2D eigenvalue weighted by atomic mass is 10.1. The maximum absolute atomic E-state index is 6.04. The molecule has 0 bridgehead atoms. The highest BCUT2D eigenvalue weighted by Crippen LogP contribution is 2.28. The second kappa shape index (κ2) is 8.47. The summed E-state index contributed by atoms with van der Waals surface area (Å²) in [4.78, 5) is 6.86. The third-order valence-electron chi connectivity index (χ3n) is 3.48. The number of benzene rings is 2. The maximum atomic E-state index is 6.04. The van der Waals surface area contributed by atoms with Gasteiger partial charge in [-0.15, -0.1) is 34.9 Å². The Hall–Kier alpha value is -1.62. The van der Waals surface area contributed by atoms with Gasteiger partial charge >= 0.3 is 0 Å². The number of aryl methyl sites for hydroxylation is 1. The van der Waals surface area contributed by atoms with Crippen LogP contribution in [0, 0.1) is 6.92 Å². The average molecular weight is 422 g/mol. The van der Waals surface area contributed by atoms with Gasteiger partial charge in [0.25, 0.3) is 0 Å². The Morgan fingerprint density at radius 1 is 1.12 bits per heavy atom. The van der Waals surface area contributed by atoms with E-state index in [4.69, 9.17) is 11.6 Å². The van der Waals surface area contributed by atoms with Gasteiger partial charge in [0, 0.05) is 15.6 Å².